The van der Waals surface area contributed by atoms with Gasteiger partial charge in [0.25, 0.3) is 0 Å². The van der Waals surface area contributed by atoms with Crippen LogP contribution in [0.3, 0.4) is 0 Å². The van der Waals surface area contributed by atoms with Gasteiger partial charge in [-0.2, -0.15) is 4.89 Å². The first kappa shape index (κ1) is 17.2. The van der Waals surface area contributed by atoms with Crippen molar-refractivity contribution in [3.63, 3.8) is 0 Å². The number of hydrogen-bond donors (Lipinski definition) is 0. The van der Waals surface area contributed by atoms with Crippen LogP contribution in [0.5, 0.6) is 0 Å². The Morgan fingerprint density at radius 2 is 1.70 bits per heavy atom. The Morgan fingerprint density at radius 3 is 2.10 bits per heavy atom. The van der Waals surface area contributed by atoms with Crippen LogP contribution < -0.4 is 0 Å². The molecule has 0 N–H and O–H groups in total. The lowest BCUT2D eigenvalue weighted by atomic mass is 9.68. The first-order chi connectivity index (χ1) is 8.92. The summed E-state index contributed by atoms with van der Waals surface area (Å²) in [6.45, 7) is 16.3. The van der Waals surface area contributed by atoms with E-state index in [2.05, 4.69) is 46.2 Å². The second-order valence-electron chi connectivity index (χ2n) is 7.58. The summed E-state index contributed by atoms with van der Waals surface area (Å²) in [5, 5.41) is 0. The summed E-state index contributed by atoms with van der Waals surface area (Å²) in [7, 11) is 2.17. The van der Waals surface area contributed by atoms with Gasteiger partial charge in [-0.05, 0) is 67.3 Å². The SMILES string of the molecule is C=CC(=O)OOC(C)(C)C1CC(C)(C)N(C)C(C)(C)C1. The molecule has 0 bridgehead atoms. The average Bonchev–Trinajstić information content (AvgIpc) is 2.32. The van der Waals surface area contributed by atoms with Gasteiger partial charge in [-0.15, -0.1) is 0 Å². The lowest BCUT2D eigenvalue weighted by molar-refractivity contribution is -0.338. The van der Waals surface area contributed by atoms with Gasteiger partial charge in [-0.3, -0.25) is 9.79 Å². The minimum absolute atomic E-state index is 0.0789. The molecule has 1 aliphatic heterocycles. The van der Waals surface area contributed by atoms with Crippen molar-refractivity contribution in [2.45, 2.75) is 71.1 Å². The van der Waals surface area contributed by atoms with E-state index in [4.69, 9.17) is 9.78 Å². The summed E-state index contributed by atoms with van der Waals surface area (Å²) in [5.41, 5.74) is -0.362. The van der Waals surface area contributed by atoms with E-state index in [9.17, 15) is 4.79 Å². The zero-order valence-corrected chi connectivity index (χ0v) is 13.9. The van der Waals surface area contributed by atoms with Gasteiger partial charge in [-0.1, -0.05) is 6.58 Å². The summed E-state index contributed by atoms with van der Waals surface area (Å²) in [4.78, 5) is 23.8. The number of piperidine rings is 1. The second kappa shape index (κ2) is 5.49. The predicted molar refractivity (Wildman–Crippen MR) is 80.1 cm³/mol. The fraction of sp³-hybridized carbons (Fsp3) is 0.812. The van der Waals surface area contributed by atoms with E-state index < -0.39 is 11.6 Å². The number of hydrogen-bond acceptors (Lipinski definition) is 4. The lowest BCUT2D eigenvalue weighted by Gasteiger charge is -2.56. The monoisotopic (exact) mass is 283 g/mol. The van der Waals surface area contributed by atoms with Crippen LogP contribution in [-0.2, 0) is 14.6 Å². The van der Waals surface area contributed by atoms with Crippen molar-refractivity contribution < 1.29 is 14.6 Å². The average molecular weight is 283 g/mol. The van der Waals surface area contributed by atoms with Crippen LogP contribution in [-0.4, -0.2) is 34.6 Å². The summed E-state index contributed by atoms with van der Waals surface area (Å²) < 4.78 is 0. The van der Waals surface area contributed by atoms with Crippen molar-refractivity contribution in [3.8, 4) is 0 Å². The van der Waals surface area contributed by atoms with Gasteiger partial charge in [0.05, 0.1) is 0 Å². The highest BCUT2D eigenvalue weighted by Crippen LogP contribution is 2.45. The molecule has 0 unspecified atom stereocenters. The van der Waals surface area contributed by atoms with Crippen molar-refractivity contribution in [2.75, 3.05) is 7.05 Å². The Morgan fingerprint density at radius 1 is 1.25 bits per heavy atom. The molecule has 0 aliphatic carbocycles. The van der Waals surface area contributed by atoms with E-state index in [0.29, 0.717) is 5.92 Å². The molecule has 116 valence electrons. The molecule has 1 saturated heterocycles. The predicted octanol–water partition coefficient (Wildman–Crippen LogP) is 3.32. The number of likely N-dealkylation sites (tertiary alicyclic amines) is 1. The molecule has 4 nitrogen and oxygen atoms in total. The molecule has 1 fully saturated rings. The Kier molecular flexibility index (Phi) is 4.72. The summed E-state index contributed by atoms with van der Waals surface area (Å²) >= 11 is 0. The van der Waals surface area contributed by atoms with Gasteiger partial charge in [0.2, 0.25) is 0 Å². The van der Waals surface area contributed by atoms with E-state index in [-0.39, 0.29) is 11.1 Å². The fourth-order valence-electron chi connectivity index (χ4n) is 3.11. The van der Waals surface area contributed by atoms with Crippen LogP contribution in [0.2, 0.25) is 0 Å². The number of carbonyl (C=O) groups excluding carboxylic acids is 1. The molecule has 0 atom stereocenters. The Bertz CT molecular complexity index is 367. The summed E-state index contributed by atoms with van der Waals surface area (Å²) in [6.07, 6.45) is 3.09. The smallest absolute Gasteiger partial charge is 0.296 e. The number of carbonyl (C=O) groups is 1. The van der Waals surface area contributed by atoms with Crippen LogP contribution in [0.25, 0.3) is 0 Å². The normalized spacial score (nSPS) is 23.4. The zero-order valence-electron chi connectivity index (χ0n) is 13.9. The standard InChI is InChI=1S/C16H29NO3/c1-9-13(18)19-20-16(6,7)12-10-14(2,3)17(8)15(4,5)11-12/h9,12H,1,10-11H2,2-8H3. The van der Waals surface area contributed by atoms with E-state index >= 15 is 0 Å². The molecule has 0 amide bonds. The summed E-state index contributed by atoms with van der Waals surface area (Å²) in [6, 6.07) is 0. The molecule has 20 heavy (non-hydrogen) atoms. The van der Waals surface area contributed by atoms with E-state index in [0.717, 1.165) is 18.9 Å². The van der Waals surface area contributed by atoms with Gasteiger partial charge in [0, 0.05) is 17.2 Å². The van der Waals surface area contributed by atoms with E-state index in [1.165, 1.54) is 0 Å². The fourth-order valence-corrected chi connectivity index (χ4v) is 3.11. The van der Waals surface area contributed by atoms with Crippen molar-refractivity contribution in [1.29, 1.82) is 0 Å². The zero-order chi connectivity index (χ0) is 15.8. The number of nitrogens with zero attached hydrogens (tertiary/aromatic N) is 1. The maximum absolute atomic E-state index is 11.2. The molecule has 4 heteroatoms. The third-order valence-corrected chi connectivity index (χ3v) is 4.80. The largest absolute Gasteiger partial charge is 0.365 e. The van der Waals surface area contributed by atoms with Crippen LogP contribution in [0.4, 0.5) is 0 Å². The van der Waals surface area contributed by atoms with Crippen molar-refractivity contribution in [1.82, 2.24) is 4.90 Å². The van der Waals surface area contributed by atoms with Crippen molar-refractivity contribution in [2.24, 2.45) is 5.92 Å². The van der Waals surface area contributed by atoms with Crippen LogP contribution in [0, 0.1) is 5.92 Å². The minimum atomic E-state index is -0.551. The second-order valence-corrected chi connectivity index (χ2v) is 7.58. The summed E-state index contributed by atoms with van der Waals surface area (Å²) in [5.74, 6) is -0.245. The van der Waals surface area contributed by atoms with Gasteiger partial charge in [0.15, 0.2) is 0 Å². The third-order valence-electron chi connectivity index (χ3n) is 4.80. The molecule has 1 heterocycles. The van der Waals surface area contributed by atoms with Crippen molar-refractivity contribution >= 4 is 5.97 Å². The Balaban J connectivity index is 2.84. The quantitative estimate of drug-likeness (QED) is 0.451. The van der Waals surface area contributed by atoms with Gasteiger partial charge in [0.1, 0.15) is 5.60 Å². The topological polar surface area (TPSA) is 38.8 Å². The van der Waals surface area contributed by atoms with Crippen LogP contribution in [0.1, 0.15) is 54.4 Å². The van der Waals surface area contributed by atoms with Gasteiger partial charge in [-0.25, -0.2) is 4.79 Å². The maximum atomic E-state index is 11.2. The van der Waals surface area contributed by atoms with Crippen molar-refractivity contribution in [3.05, 3.63) is 12.7 Å². The maximum Gasteiger partial charge on any atom is 0.365 e. The third kappa shape index (κ3) is 3.61. The molecule has 0 saturated carbocycles. The molecule has 0 aromatic rings. The molecular formula is C16H29NO3. The molecule has 0 aromatic carbocycles. The first-order valence-corrected chi connectivity index (χ1v) is 7.18. The molecule has 0 aromatic heterocycles. The van der Waals surface area contributed by atoms with Gasteiger partial charge < -0.3 is 0 Å². The highest BCUT2D eigenvalue weighted by Gasteiger charge is 2.48. The van der Waals surface area contributed by atoms with E-state index in [1.807, 2.05) is 13.8 Å². The first-order valence-electron chi connectivity index (χ1n) is 7.18. The lowest BCUT2D eigenvalue weighted by Crippen LogP contribution is -2.61. The minimum Gasteiger partial charge on any atom is -0.296 e. The Labute approximate surface area is 123 Å². The number of rotatable bonds is 4. The molecule has 0 radical (unpaired) electrons. The molecule has 1 aliphatic rings. The highest BCUT2D eigenvalue weighted by atomic mass is 17.2. The Hall–Kier alpha value is -0.870. The van der Waals surface area contributed by atoms with E-state index in [1.54, 1.807) is 0 Å². The molecule has 0 spiro atoms. The highest BCUT2D eigenvalue weighted by molar-refractivity contribution is 5.80. The molecular weight excluding hydrogens is 254 g/mol. The van der Waals surface area contributed by atoms with Crippen LogP contribution in [0.15, 0.2) is 12.7 Å². The molecule has 1 rings (SSSR count). The van der Waals surface area contributed by atoms with Crippen LogP contribution >= 0.6 is 0 Å². The van der Waals surface area contributed by atoms with Gasteiger partial charge >= 0.3 is 5.97 Å².